The van der Waals surface area contributed by atoms with Gasteiger partial charge >= 0.3 is 12.1 Å². The van der Waals surface area contributed by atoms with Gasteiger partial charge in [-0.05, 0) is 46.0 Å². The van der Waals surface area contributed by atoms with Crippen LogP contribution >= 0.6 is 0 Å². The van der Waals surface area contributed by atoms with Crippen molar-refractivity contribution in [1.82, 2.24) is 4.90 Å². The zero-order chi connectivity index (χ0) is 16.0. The van der Waals surface area contributed by atoms with Gasteiger partial charge in [0.1, 0.15) is 11.3 Å². The fraction of sp³-hybridized carbons (Fsp3) is 0.750. The summed E-state index contributed by atoms with van der Waals surface area (Å²) in [6.45, 7) is 10.2. The van der Waals surface area contributed by atoms with Crippen molar-refractivity contribution < 1.29 is 19.1 Å². The lowest BCUT2D eigenvalue weighted by atomic mass is 10.2. The number of hydrogen-bond acceptors (Lipinski definition) is 4. The van der Waals surface area contributed by atoms with Crippen LogP contribution in [0, 0.1) is 5.92 Å². The molecular weight excluding hydrogens is 270 g/mol. The molecule has 0 aromatic carbocycles. The van der Waals surface area contributed by atoms with Crippen LogP contribution in [-0.4, -0.2) is 35.7 Å². The molecule has 0 spiro atoms. The Hall–Kier alpha value is -1.52. The maximum absolute atomic E-state index is 12.3. The van der Waals surface area contributed by atoms with Crippen molar-refractivity contribution in [1.29, 1.82) is 0 Å². The third-order valence-corrected chi connectivity index (χ3v) is 2.84. The van der Waals surface area contributed by atoms with Crippen LogP contribution < -0.4 is 0 Å². The summed E-state index contributed by atoms with van der Waals surface area (Å²) < 4.78 is 10.6. The van der Waals surface area contributed by atoms with Crippen LogP contribution in [0.1, 0.15) is 53.9 Å². The minimum atomic E-state index is -0.587. The maximum Gasteiger partial charge on any atom is 0.415 e. The molecule has 0 atom stereocenters. The van der Waals surface area contributed by atoms with Crippen molar-refractivity contribution in [2.75, 3.05) is 13.2 Å². The second-order valence-electron chi connectivity index (χ2n) is 6.71. The van der Waals surface area contributed by atoms with Crippen LogP contribution in [0.4, 0.5) is 4.79 Å². The lowest BCUT2D eigenvalue weighted by molar-refractivity contribution is -0.142. The van der Waals surface area contributed by atoms with Gasteiger partial charge in [-0.2, -0.15) is 0 Å². The van der Waals surface area contributed by atoms with Crippen LogP contribution in [0.2, 0.25) is 0 Å². The molecule has 1 rings (SSSR count). The van der Waals surface area contributed by atoms with E-state index in [0.717, 1.165) is 19.3 Å². The van der Waals surface area contributed by atoms with Crippen molar-refractivity contribution >= 4 is 12.1 Å². The van der Waals surface area contributed by atoms with Gasteiger partial charge < -0.3 is 9.47 Å². The number of nitrogens with zero attached hydrogens (tertiary/aromatic N) is 1. The molecule has 0 aromatic rings. The summed E-state index contributed by atoms with van der Waals surface area (Å²) in [6.07, 6.45) is 3.85. The highest BCUT2D eigenvalue weighted by Crippen LogP contribution is 2.20. The molecule has 0 aromatic heterocycles. The van der Waals surface area contributed by atoms with E-state index in [2.05, 4.69) is 0 Å². The second-order valence-corrected chi connectivity index (χ2v) is 6.71. The van der Waals surface area contributed by atoms with E-state index in [1.807, 2.05) is 34.6 Å². The number of ether oxygens (including phenoxy) is 2. The van der Waals surface area contributed by atoms with Gasteiger partial charge in [0.05, 0.1) is 6.61 Å². The molecule has 21 heavy (non-hydrogen) atoms. The smallest absolute Gasteiger partial charge is 0.415 e. The zero-order valence-corrected chi connectivity index (χ0v) is 13.8. The van der Waals surface area contributed by atoms with Crippen LogP contribution in [0.3, 0.4) is 0 Å². The summed E-state index contributed by atoms with van der Waals surface area (Å²) in [5.41, 5.74) is -0.279. The predicted octanol–water partition coefficient (Wildman–Crippen LogP) is 3.49. The second kappa shape index (κ2) is 7.48. The summed E-state index contributed by atoms with van der Waals surface area (Å²) in [4.78, 5) is 25.9. The van der Waals surface area contributed by atoms with E-state index >= 15 is 0 Å². The molecule has 0 saturated heterocycles. The molecule has 0 bridgehead atoms. The molecule has 0 fully saturated rings. The number of carbonyl (C=O) groups excluding carboxylic acids is 2. The largest absolute Gasteiger partial charge is 0.461 e. The van der Waals surface area contributed by atoms with Gasteiger partial charge in [0.15, 0.2) is 0 Å². The monoisotopic (exact) mass is 297 g/mol. The summed E-state index contributed by atoms with van der Waals surface area (Å²) in [6, 6.07) is 0. The SMILES string of the molecule is CC(C)COC(=O)C1=CCCCCN1C(=O)OC(C)(C)C. The highest BCUT2D eigenvalue weighted by atomic mass is 16.6. The zero-order valence-electron chi connectivity index (χ0n) is 13.8. The van der Waals surface area contributed by atoms with E-state index in [9.17, 15) is 9.59 Å². The molecule has 1 amide bonds. The predicted molar refractivity (Wildman–Crippen MR) is 80.7 cm³/mol. The molecular formula is C16H27NO4. The minimum absolute atomic E-state index is 0.260. The number of hydrogen-bond donors (Lipinski definition) is 0. The first-order valence-electron chi connectivity index (χ1n) is 7.58. The summed E-state index contributed by atoms with van der Waals surface area (Å²) >= 11 is 0. The van der Waals surface area contributed by atoms with Crippen molar-refractivity contribution in [2.45, 2.75) is 59.5 Å². The Kier molecular flexibility index (Phi) is 6.24. The van der Waals surface area contributed by atoms with Crippen LogP contribution in [0.15, 0.2) is 11.8 Å². The van der Waals surface area contributed by atoms with Crippen molar-refractivity contribution in [3.8, 4) is 0 Å². The van der Waals surface area contributed by atoms with Crippen LogP contribution in [-0.2, 0) is 14.3 Å². The van der Waals surface area contributed by atoms with Gasteiger partial charge in [0.2, 0.25) is 0 Å². The molecule has 1 aliphatic rings. The highest BCUT2D eigenvalue weighted by molar-refractivity contribution is 5.92. The molecule has 0 radical (unpaired) electrons. The number of rotatable bonds is 3. The van der Waals surface area contributed by atoms with Gasteiger partial charge in [0, 0.05) is 6.54 Å². The standard InChI is InChI=1S/C16H27NO4/c1-12(2)11-20-14(18)13-9-7-6-8-10-17(13)15(19)21-16(3,4)5/h9,12H,6-8,10-11H2,1-5H3. The molecule has 0 unspecified atom stereocenters. The summed E-state index contributed by atoms with van der Waals surface area (Å²) in [7, 11) is 0. The van der Waals surface area contributed by atoms with Gasteiger partial charge in [-0.25, -0.2) is 9.59 Å². The van der Waals surface area contributed by atoms with Crippen molar-refractivity contribution in [3.63, 3.8) is 0 Å². The molecule has 120 valence electrons. The van der Waals surface area contributed by atoms with Gasteiger partial charge in [-0.15, -0.1) is 0 Å². The average molecular weight is 297 g/mol. The number of esters is 1. The Balaban J connectivity index is 2.82. The van der Waals surface area contributed by atoms with Crippen LogP contribution in [0.25, 0.3) is 0 Å². The van der Waals surface area contributed by atoms with Crippen molar-refractivity contribution in [3.05, 3.63) is 11.8 Å². The molecule has 1 heterocycles. The Morgan fingerprint density at radius 3 is 2.52 bits per heavy atom. The third kappa shape index (κ3) is 6.19. The number of allylic oxidation sites excluding steroid dienone is 1. The summed E-state index contributed by atoms with van der Waals surface area (Å²) in [5.74, 6) is -0.188. The maximum atomic E-state index is 12.3. The highest BCUT2D eigenvalue weighted by Gasteiger charge is 2.29. The van der Waals surface area contributed by atoms with Crippen molar-refractivity contribution in [2.24, 2.45) is 5.92 Å². The molecule has 5 heteroatoms. The fourth-order valence-corrected chi connectivity index (χ4v) is 1.90. The lowest BCUT2D eigenvalue weighted by Gasteiger charge is -2.27. The molecule has 0 saturated carbocycles. The fourth-order valence-electron chi connectivity index (χ4n) is 1.90. The molecule has 0 aliphatic carbocycles. The van der Waals surface area contributed by atoms with E-state index in [0.29, 0.717) is 18.8 Å². The topological polar surface area (TPSA) is 55.8 Å². The first-order valence-corrected chi connectivity index (χ1v) is 7.58. The lowest BCUT2D eigenvalue weighted by Crippen LogP contribution is -2.39. The van der Waals surface area contributed by atoms with Gasteiger partial charge in [0.25, 0.3) is 0 Å². The third-order valence-electron chi connectivity index (χ3n) is 2.84. The number of amides is 1. The molecule has 5 nitrogen and oxygen atoms in total. The number of carbonyl (C=O) groups is 2. The first-order chi connectivity index (χ1) is 9.70. The first kappa shape index (κ1) is 17.5. The van der Waals surface area contributed by atoms with Gasteiger partial charge in [-0.1, -0.05) is 19.9 Å². The normalized spacial score (nSPS) is 16.3. The summed E-state index contributed by atoms with van der Waals surface area (Å²) in [5, 5.41) is 0. The Bertz CT molecular complexity index is 407. The minimum Gasteiger partial charge on any atom is -0.461 e. The van der Waals surface area contributed by atoms with E-state index in [-0.39, 0.29) is 5.92 Å². The van der Waals surface area contributed by atoms with E-state index in [1.54, 1.807) is 6.08 Å². The van der Waals surface area contributed by atoms with E-state index in [4.69, 9.17) is 9.47 Å². The van der Waals surface area contributed by atoms with Gasteiger partial charge in [-0.3, -0.25) is 4.90 Å². The Labute approximate surface area is 127 Å². The Morgan fingerprint density at radius 2 is 1.95 bits per heavy atom. The average Bonchev–Trinajstić information content (AvgIpc) is 2.59. The Morgan fingerprint density at radius 1 is 1.29 bits per heavy atom. The van der Waals surface area contributed by atoms with E-state index < -0.39 is 17.7 Å². The quantitative estimate of drug-likeness (QED) is 0.748. The molecule has 0 N–H and O–H groups in total. The molecule has 1 aliphatic heterocycles. The van der Waals surface area contributed by atoms with E-state index in [1.165, 1.54) is 4.90 Å². The van der Waals surface area contributed by atoms with Crippen LogP contribution in [0.5, 0.6) is 0 Å².